The Morgan fingerprint density at radius 1 is 1.16 bits per heavy atom. The first-order valence-corrected chi connectivity index (χ1v) is 5.23. The molecule has 2 N–H and O–H groups in total. The molecule has 19 heavy (non-hydrogen) atoms. The minimum atomic E-state index is -1.14. The fourth-order valence-electron chi connectivity index (χ4n) is 1.68. The van der Waals surface area contributed by atoms with Gasteiger partial charge in [-0.3, -0.25) is 10.1 Å². The summed E-state index contributed by atoms with van der Waals surface area (Å²) in [4.78, 5) is 24.3. The first-order valence-electron chi connectivity index (χ1n) is 5.23. The van der Waals surface area contributed by atoms with Crippen molar-refractivity contribution in [1.82, 2.24) is 0 Å². The summed E-state index contributed by atoms with van der Waals surface area (Å²) < 4.78 is 0. The first-order chi connectivity index (χ1) is 9.10. The van der Waals surface area contributed by atoms with E-state index in [2.05, 4.69) is 15.3 Å². The van der Waals surface area contributed by atoms with E-state index in [4.69, 9.17) is 10.6 Å². The third-order valence-corrected chi connectivity index (χ3v) is 2.47. The fraction of sp³-hybridized carbons (Fsp3) is 0. The number of hydrogen-bond acceptors (Lipinski definition) is 2. The van der Waals surface area contributed by atoms with Crippen molar-refractivity contribution in [3.8, 4) is 0 Å². The van der Waals surface area contributed by atoms with Crippen LogP contribution in [0.25, 0.3) is 21.2 Å². The van der Waals surface area contributed by atoms with Gasteiger partial charge in [0.1, 0.15) is 0 Å². The molecule has 0 aromatic heterocycles. The van der Waals surface area contributed by atoms with Crippen LogP contribution in [0, 0.1) is 0 Å². The standard InChI is InChI=1S/C12H8N4O3/c13-16-15-11(17)9-2-1-8-6-10(14-12(18)19)4-3-7(8)5-9/h1-6,14H,(H,18,19). The van der Waals surface area contributed by atoms with Crippen molar-refractivity contribution in [2.75, 3.05) is 5.32 Å². The normalized spacial score (nSPS) is 9.68. The quantitative estimate of drug-likeness (QED) is 0.487. The molecular weight excluding hydrogens is 248 g/mol. The third kappa shape index (κ3) is 2.80. The average molecular weight is 256 g/mol. The van der Waals surface area contributed by atoms with Crippen molar-refractivity contribution in [2.45, 2.75) is 0 Å². The molecule has 0 spiro atoms. The molecule has 2 aromatic carbocycles. The average Bonchev–Trinajstić information content (AvgIpc) is 2.37. The predicted molar refractivity (Wildman–Crippen MR) is 69.1 cm³/mol. The van der Waals surface area contributed by atoms with E-state index in [1.165, 1.54) is 6.07 Å². The summed E-state index contributed by atoms with van der Waals surface area (Å²) in [7, 11) is 0. The Morgan fingerprint density at radius 2 is 1.84 bits per heavy atom. The van der Waals surface area contributed by atoms with Crippen LogP contribution >= 0.6 is 0 Å². The highest BCUT2D eigenvalue weighted by molar-refractivity contribution is 6.00. The summed E-state index contributed by atoms with van der Waals surface area (Å²) in [6.07, 6.45) is -1.14. The molecule has 0 bridgehead atoms. The maximum atomic E-state index is 11.4. The largest absolute Gasteiger partial charge is 0.465 e. The number of carbonyl (C=O) groups is 2. The van der Waals surface area contributed by atoms with Gasteiger partial charge in [0.2, 0.25) is 5.91 Å². The zero-order valence-corrected chi connectivity index (χ0v) is 9.57. The number of rotatable bonds is 2. The van der Waals surface area contributed by atoms with Crippen molar-refractivity contribution in [2.24, 2.45) is 5.11 Å². The van der Waals surface area contributed by atoms with E-state index in [1.807, 2.05) is 0 Å². The van der Waals surface area contributed by atoms with E-state index in [0.29, 0.717) is 5.69 Å². The molecule has 0 saturated carbocycles. The van der Waals surface area contributed by atoms with Crippen LogP contribution in [0.4, 0.5) is 10.5 Å². The number of fused-ring (bicyclic) bond motifs is 1. The van der Waals surface area contributed by atoms with Gasteiger partial charge in [0.15, 0.2) is 0 Å². The van der Waals surface area contributed by atoms with Gasteiger partial charge in [-0.1, -0.05) is 18.2 Å². The molecule has 0 atom stereocenters. The molecular formula is C12H8N4O3. The summed E-state index contributed by atoms with van der Waals surface area (Å²) in [5.41, 5.74) is 8.93. The smallest absolute Gasteiger partial charge is 0.409 e. The van der Waals surface area contributed by atoms with E-state index in [9.17, 15) is 9.59 Å². The topological polar surface area (TPSA) is 115 Å². The van der Waals surface area contributed by atoms with Gasteiger partial charge in [-0.2, -0.15) is 0 Å². The van der Waals surface area contributed by atoms with E-state index >= 15 is 0 Å². The molecule has 0 saturated heterocycles. The van der Waals surface area contributed by atoms with Crippen LogP contribution < -0.4 is 5.32 Å². The van der Waals surface area contributed by atoms with Gasteiger partial charge in [0.25, 0.3) is 0 Å². The number of nitrogens with one attached hydrogen (secondary N) is 1. The van der Waals surface area contributed by atoms with E-state index in [1.54, 1.807) is 30.3 Å². The SMILES string of the molecule is [N-]=[N+]=NC(=O)c1ccc2cc(NC(=O)O)ccc2c1. The first kappa shape index (κ1) is 12.4. The molecule has 2 amide bonds. The van der Waals surface area contributed by atoms with Crippen molar-refractivity contribution in [3.05, 3.63) is 52.4 Å². The molecule has 0 aliphatic rings. The highest BCUT2D eigenvalue weighted by Gasteiger charge is 2.05. The highest BCUT2D eigenvalue weighted by atomic mass is 16.4. The summed E-state index contributed by atoms with van der Waals surface area (Å²) in [6.45, 7) is 0. The number of hydrogen-bond donors (Lipinski definition) is 2. The van der Waals surface area contributed by atoms with Gasteiger partial charge in [-0.05, 0) is 39.6 Å². The van der Waals surface area contributed by atoms with Crippen molar-refractivity contribution in [3.63, 3.8) is 0 Å². The molecule has 0 fully saturated rings. The molecule has 0 unspecified atom stereocenters. The monoisotopic (exact) mass is 256 g/mol. The Labute approximate surface area is 107 Å². The summed E-state index contributed by atoms with van der Waals surface area (Å²) in [5, 5.41) is 15.4. The van der Waals surface area contributed by atoms with Crippen molar-refractivity contribution < 1.29 is 14.7 Å². The van der Waals surface area contributed by atoms with Crippen molar-refractivity contribution >= 4 is 28.5 Å². The lowest BCUT2D eigenvalue weighted by Gasteiger charge is -2.04. The molecule has 0 radical (unpaired) electrons. The maximum Gasteiger partial charge on any atom is 0.409 e. The number of anilines is 1. The van der Waals surface area contributed by atoms with Crippen molar-refractivity contribution in [1.29, 1.82) is 0 Å². The number of azide groups is 1. The minimum absolute atomic E-state index is 0.282. The van der Waals surface area contributed by atoms with Gasteiger partial charge in [0, 0.05) is 16.2 Å². The third-order valence-electron chi connectivity index (χ3n) is 2.47. The Morgan fingerprint density at radius 3 is 2.53 bits per heavy atom. The minimum Gasteiger partial charge on any atom is -0.465 e. The number of nitrogens with zero attached hydrogens (tertiary/aromatic N) is 3. The van der Waals surface area contributed by atoms with E-state index in [-0.39, 0.29) is 5.56 Å². The van der Waals surface area contributed by atoms with E-state index in [0.717, 1.165) is 10.8 Å². The fourth-order valence-corrected chi connectivity index (χ4v) is 1.68. The zero-order valence-electron chi connectivity index (χ0n) is 9.57. The van der Waals surface area contributed by atoms with Crippen LogP contribution in [0.2, 0.25) is 0 Å². The van der Waals surface area contributed by atoms with E-state index < -0.39 is 12.0 Å². The molecule has 0 heterocycles. The van der Waals surface area contributed by atoms with Gasteiger partial charge >= 0.3 is 6.09 Å². The molecule has 7 heteroatoms. The van der Waals surface area contributed by atoms with Crippen LogP contribution in [-0.2, 0) is 0 Å². The second-order valence-electron chi connectivity index (χ2n) is 3.70. The van der Waals surface area contributed by atoms with Gasteiger partial charge in [-0.15, -0.1) is 0 Å². The maximum absolute atomic E-state index is 11.4. The molecule has 7 nitrogen and oxygen atoms in total. The molecule has 0 aliphatic carbocycles. The Bertz CT molecular complexity index is 720. The number of amides is 2. The second kappa shape index (κ2) is 5.07. The Balaban J connectivity index is 2.43. The molecule has 0 aliphatic heterocycles. The van der Waals surface area contributed by atoms with Crippen LogP contribution in [0.3, 0.4) is 0 Å². The lowest BCUT2D eigenvalue weighted by molar-refractivity contribution is 0.100. The number of carbonyl (C=O) groups excluding carboxylic acids is 1. The number of benzene rings is 2. The van der Waals surface area contributed by atoms with Gasteiger partial charge in [0.05, 0.1) is 0 Å². The highest BCUT2D eigenvalue weighted by Crippen LogP contribution is 2.21. The Hall–Kier alpha value is -3.05. The van der Waals surface area contributed by atoms with Crippen LogP contribution in [0.5, 0.6) is 0 Å². The van der Waals surface area contributed by atoms with Gasteiger partial charge in [-0.25, -0.2) is 4.79 Å². The van der Waals surface area contributed by atoms with Crippen LogP contribution in [0.15, 0.2) is 41.5 Å². The summed E-state index contributed by atoms with van der Waals surface area (Å²) >= 11 is 0. The number of carboxylic acid groups (broad SMARTS) is 1. The second-order valence-corrected chi connectivity index (χ2v) is 3.70. The summed E-state index contributed by atoms with van der Waals surface area (Å²) in [5.74, 6) is -0.655. The lowest BCUT2D eigenvalue weighted by atomic mass is 10.1. The van der Waals surface area contributed by atoms with Gasteiger partial charge < -0.3 is 5.11 Å². The van der Waals surface area contributed by atoms with Crippen LogP contribution in [-0.4, -0.2) is 17.1 Å². The molecule has 94 valence electrons. The summed E-state index contributed by atoms with van der Waals surface area (Å²) in [6, 6.07) is 9.65. The molecule has 2 rings (SSSR count). The Kier molecular flexibility index (Phi) is 3.31. The zero-order chi connectivity index (χ0) is 13.8. The lowest BCUT2D eigenvalue weighted by Crippen LogP contribution is -2.06. The predicted octanol–water partition coefficient (Wildman–Crippen LogP) is 3.38. The molecule has 2 aromatic rings. The van der Waals surface area contributed by atoms with Crippen LogP contribution in [0.1, 0.15) is 10.4 Å².